The van der Waals surface area contributed by atoms with Gasteiger partial charge in [-0.25, -0.2) is 9.67 Å². The smallest absolute Gasteiger partial charge is 0.251 e. The Bertz CT molecular complexity index is 970. The summed E-state index contributed by atoms with van der Waals surface area (Å²) in [6.45, 7) is 4.80. The first-order chi connectivity index (χ1) is 14.4. The number of benzene rings is 2. The van der Waals surface area contributed by atoms with Crippen LogP contribution in [0.5, 0.6) is 0 Å². The van der Waals surface area contributed by atoms with Gasteiger partial charge in [-0.1, -0.05) is 49.7 Å². The highest BCUT2D eigenvalue weighted by atomic mass is 35.5. The summed E-state index contributed by atoms with van der Waals surface area (Å²) in [5.41, 5.74) is 2.52. The van der Waals surface area contributed by atoms with E-state index in [1.54, 1.807) is 35.3 Å². The number of nitrogens with one attached hydrogen (secondary N) is 2. The van der Waals surface area contributed by atoms with E-state index in [1.807, 2.05) is 38.1 Å². The first-order valence-corrected chi connectivity index (χ1v) is 10.0. The quantitative estimate of drug-likeness (QED) is 0.580. The molecule has 0 bridgehead atoms. The summed E-state index contributed by atoms with van der Waals surface area (Å²) >= 11 is 5.86. The minimum absolute atomic E-state index is 0.0636. The van der Waals surface area contributed by atoms with Crippen LogP contribution in [0.15, 0.2) is 61.2 Å². The molecule has 0 aliphatic heterocycles. The maximum atomic E-state index is 12.7. The van der Waals surface area contributed by atoms with Crippen LogP contribution in [0.4, 0.5) is 0 Å². The summed E-state index contributed by atoms with van der Waals surface area (Å²) in [4.78, 5) is 29.1. The molecule has 0 unspecified atom stereocenters. The molecule has 156 valence electrons. The van der Waals surface area contributed by atoms with Crippen molar-refractivity contribution in [3.63, 3.8) is 0 Å². The van der Waals surface area contributed by atoms with Gasteiger partial charge in [0.1, 0.15) is 18.7 Å². The van der Waals surface area contributed by atoms with Crippen LogP contribution >= 0.6 is 11.6 Å². The van der Waals surface area contributed by atoms with Crippen molar-refractivity contribution in [2.45, 2.75) is 33.0 Å². The van der Waals surface area contributed by atoms with Crippen molar-refractivity contribution in [3.05, 3.63) is 82.9 Å². The number of hydrogen-bond donors (Lipinski definition) is 2. The summed E-state index contributed by atoms with van der Waals surface area (Å²) < 4.78 is 1.74. The van der Waals surface area contributed by atoms with Crippen LogP contribution in [0, 0.1) is 5.92 Å². The van der Waals surface area contributed by atoms with Gasteiger partial charge in [-0.3, -0.25) is 9.59 Å². The number of aromatic nitrogens is 3. The van der Waals surface area contributed by atoms with Crippen LogP contribution in [0.3, 0.4) is 0 Å². The zero-order chi connectivity index (χ0) is 21.5. The van der Waals surface area contributed by atoms with Crippen LogP contribution < -0.4 is 10.6 Å². The van der Waals surface area contributed by atoms with Crippen LogP contribution in [-0.4, -0.2) is 32.6 Å². The van der Waals surface area contributed by atoms with Gasteiger partial charge < -0.3 is 10.6 Å². The van der Waals surface area contributed by atoms with Crippen molar-refractivity contribution in [3.8, 4) is 0 Å². The average molecular weight is 426 g/mol. The van der Waals surface area contributed by atoms with Crippen molar-refractivity contribution in [1.29, 1.82) is 0 Å². The van der Waals surface area contributed by atoms with Crippen LogP contribution in [0.1, 0.15) is 35.3 Å². The maximum Gasteiger partial charge on any atom is 0.251 e. The van der Waals surface area contributed by atoms with E-state index >= 15 is 0 Å². The van der Waals surface area contributed by atoms with Crippen molar-refractivity contribution < 1.29 is 9.59 Å². The molecule has 0 saturated heterocycles. The number of amides is 2. The molecule has 3 aromatic rings. The molecular weight excluding hydrogens is 402 g/mol. The molecule has 1 aromatic heterocycles. The monoisotopic (exact) mass is 425 g/mol. The van der Waals surface area contributed by atoms with Crippen molar-refractivity contribution in [2.75, 3.05) is 0 Å². The standard InChI is InChI=1S/C22H24ClN5O2/c1-15(2)20(27-21(29)18-7-9-19(23)10-8-18)22(30)25-11-16-3-5-17(6-4-16)12-28-14-24-13-26-28/h3-10,13-15,20H,11-12H2,1-2H3,(H,25,30)(H,27,29)/t20-/m0/s1. The highest BCUT2D eigenvalue weighted by molar-refractivity contribution is 6.30. The Hall–Kier alpha value is -3.19. The first kappa shape index (κ1) is 21.5. The molecule has 1 heterocycles. The SMILES string of the molecule is CC(C)[C@H](NC(=O)c1ccc(Cl)cc1)C(=O)NCc1ccc(Cn2cncn2)cc1. The molecule has 0 fully saturated rings. The fourth-order valence-electron chi connectivity index (χ4n) is 2.92. The molecule has 2 aromatic carbocycles. The molecule has 0 aliphatic rings. The molecule has 0 aliphatic carbocycles. The fourth-order valence-corrected chi connectivity index (χ4v) is 3.05. The lowest BCUT2D eigenvalue weighted by Crippen LogP contribution is -2.49. The fraction of sp³-hybridized carbons (Fsp3) is 0.273. The topological polar surface area (TPSA) is 88.9 Å². The molecular formula is C22H24ClN5O2. The van der Waals surface area contributed by atoms with Gasteiger partial charge in [0, 0.05) is 17.1 Å². The second-order valence-corrected chi connectivity index (χ2v) is 7.77. The number of carbonyl (C=O) groups excluding carboxylic acids is 2. The third-order valence-corrected chi connectivity index (χ3v) is 4.89. The molecule has 8 heteroatoms. The second-order valence-electron chi connectivity index (χ2n) is 7.33. The molecule has 0 spiro atoms. The summed E-state index contributed by atoms with van der Waals surface area (Å²) in [6, 6.07) is 13.8. The summed E-state index contributed by atoms with van der Waals surface area (Å²) in [5, 5.41) is 10.4. The largest absolute Gasteiger partial charge is 0.350 e. The second kappa shape index (κ2) is 10.0. The van der Waals surface area contributed by atoms with E-state index in [0.717, 1.165) is 11.1 Å². The predicted molar refractivity (Wildman–Crippen MR) is 115 cm³/mol. The van der Waals surface area contributed by atoms with Crippen LogP contribution in [0.2, 0.25) is 5.02 Å². The lowest BCUT2D eigenvalue weighted by Gasteiger charge is -2.22. The number of nitrogens with zero attached hydrogens (tertiary/aromatic N) is 3. The van der Waals surface area contributed by atoms with Crippen molar-refractivity contribution in [1.82, 2.24) is 25.4 Å². The van der Waals surface area contributed by atoms with Crippen molar-refractivity contribution >= 4 is 23.4 Å². The van der Waals surface area contributed by atoms with E-state index in [-0.39, 0.29) is 17.7 Å². The van der Waals surface area contributed by atoms with Gasteiger partial charge in [0.25, 0.3) is 5.91 Å². The Morgan fingerprint density at radius 3 is 2.30 bits per heavy atom. The number of hydrogen-bond acceptors (Lipinski definition) is 4. The molecule has 0 radical (unpaired) electrons. The Morgan fingerprint density at radius 1 is 1.03 bits per heavy atom. The van der Waals surface area contributed by atoms with E-state index in [0.29, 0.717) is 23.7 Å². The van der Waals surface area contributed by atoms with Crippen molar-refractivity contribution in [2.24, 2.45) is 5.92 Å². The van der Waals surface area contributed by atoms with Crippen LogP contribution in [-0.2, 0) is 17.9 Å². The predicted octanol–water partition coefficient (Wildman–Crippen LogP) is 3.05. The Morgan fingerprint density at radius 2 is 1.70 bits per heavy atom. The van der Waals surface area contributed by atoms with Gasteiger partial charge in [-0.2, -0.15) is 5.10 Å². The summed E-state index contributed by atoms with van der Waals surface area (Å²) in [7, 11) is 0. The number of rotatable bonds is 8. The van der Waals surface area contributed by atoms with E-state index in [9.17, 15) is 9.59 Å². The zero-order valence-electron chi connectivity index (χ0n) is 16.9. The number of halogens is 1. The molecule has 2 amide bonds. The highest BCUT2D eigenvalue weighted by Gasteiger charge is 2.24. The Balaban J connectivity index is 1.55. The highest BCUT2D eigenvalue weighted by Crippen LogP contribution is 2.11. The van der Waals surface area contributed by atoms with Crippen LogP contribution in [0.25, 0.3) is 0 Å². The van der Waals surface area contributed by atoms with Gasteiger partial charge in [-0.05, 0) is 41.3 Å². The molecule has 1 atom stereocenters. The molecule has 30 heavy (non-hydrogen) atoms. The molecule has 7 nitrogen and oxygen atoms in total. The van der Waals surface area contributed by atoms with Gasteiger partial charge >= 0.3 is 0 Å². The molecule has 3 rings (SSSR count). The van der Waals surface area contributed by atoms with E-state index in [4.69, 9.17) is 11.6 Å². The normalized spacial score (nSPS) is 11.9. The summed E-state index contributed by atoms with van der Waals surface area (Å²) in [5.74, 6) is -0.594. The third kappa shape index (κ3) is 5.90. The molecule has 2 N–H and O–H groups in total. The summed E-state index contributed by atoms with van der Waals surface area (Å²) in [6.07, 6.45) is 3.17. The zero-order valence-corrected chi connectivity index (χ0v) is 17.6. The lowest BCUT2D eigenvalue weighted by atomic mass is 10.0. The average Bonchev–Trinajstić information content (AvgIpc) is 3.24. The van der Waals surface area contributed by atoms with E-state index < -0.39 is 6.04 Å². The molecule has 0 saturated carbocycles. The number of carbonyl (C=O) groups is 2. The minimum atomic E-state index is -0.639. The Labute approximate surface area is 180 Å². The Kier molecular flexibility index (Phi) is 7.19. The van der Waals surface area contributed by atoms with Gasteiger partial charge in [-0.15, -0.1) is 0 Å². The van der Waals surface area contributed by atoms with Gasteiger partial charge in [0.2, 0.25) is 5.91 Å². The minimum Gasteiger partial charge on any atom is -0.350 e. The lowest BCUT2D eigenvalue weighted by molar-refractivity contribution is -0.124. The first-order valence-electron chi connectivity index (χ1n) is 9.67. The van der Waals surface area contributed by atoms with Gasteiger partial charge in [0.05, 0.1) is 6.54 Å². The van der Waals surface area contributed by atoms with Gasteiger partial charge in [0.15, 0.2) is 0 Å². The van der Waals surface area contributed by atoms with E-state index in [2.05, 4.69) is 20.7 Å². The third-order valence-electron chi connectivity index (χ3n) is 4.64. The maximum absolute atomic E-state index is 12.7. The van der Waals surface area contributed by atoms with E-state index in [1.165, 1.54) is 6.33 Å².